The fourth-order valence-electron chi connectivity index (χ4n) is 1.20. The van der Waals surface area contributed by atoms with Crippen molar-refractivity contribution in [1.29, 1.82) is 0 Å². The molecule has 0 amide bonds. The fraction of sp³-hybridized carbons (Fsp3) is 0.400. The van der Waals surface area contributed by atoms with Crippen LogP contribution < -0.4 is 4.72 Å². The first-order valence-electron chi connectivity index (χ1n) is 5.17. The summed E-state index contributed by atoms with van der Waals surface area (Å²) in [7, 11) is -2.49. The highest BCUT2D eigenvalue weighted by atomic mass is 35.5. The van der Waals surface area contributed by atoms with E-state index in [1.165, 1.54) is 19.2 Å². The Morgan fingerprint density at radius 2 is 2.17 bits per heavy atom. The molecule has 0 saturated carbocycles. The van der Waals surface area contributed by atoms with E-state index in [-0.39, 0.29) is 23.9 Å². The lowest BCUT2D eigenvalue weighted by atomic mass is 10.3. The number of nitrogens with one attached hydrogen (secondary N) is 1. The van der Waals surface area contributed by atoms with Crippen LogP contribution in [0, 0.1) is 5.82 Å². The van der Waals surface area contributed by atoms with Gasteiger partial charge in [0.05, 0.1) is 5.69 Å². The van der Waals surface area contributed by atoms with E-state index in [1.54, 1.807) is 0 Å². The van der Waals surface area contributed by atoms with E-state index in [4.69, 9.17) is 16.7 Å². The van der Waals surface area contributed by atoms with Gasteiger partial charge in [0.25, 0.3) is 0 Å². The van der Waals surface area contributed by atoms with Crippen molar-refractivity contribution in [1.82, 2.24) is 4.31 Å². The normalized spacial score (nSPS) is 11.8. The molecule has 0 aromatic heterocycles. The minimum Gasteiger partial charge on any atom is -0.396 e. The summed E-state index contributed by atoms with van der Waals surface area (Å²) in [4.78, 5) is 0. The maximum atomic E-state index is 13.4. The predicted octanol–water partition coefficient (Wildman–Crippen LogP) is 1.45. The number of hydrogen-bond acceptors (Lipinski definition) is 3. The summed E-state index contributed by atoms with van der Waals surface area (Å²) in [6.45, 7) is 0.0240. The van der Waals surface area contributed by atoms with Gasteiger partial charge in [-0.2, -0.15) is 12.7 Å². The Bertz CT molecular complexity index is 510. The second-order valence-corrected chi connectivity index (χ2v) is 5.84. The predicted molar refractivity (Wildman–Crippen MR) is 68.3 cm³/mol. The van der Waals surface area contributed by atoms with Crippen molar-refractivity contribution < 1.29 is 17.9 Å². The lowest BCUT2D eigenvalue weighted by Gasteiger charge is -2.18. The van der Waals surface area contributed by atoms with Crippen molar-refractivity contribution in [3.8, 4) is 0 Å². The maximum Gasteiger partial charge on any atom is 0.301 e. The van der Waals surface area contributed by atoms with Crippen LogP contribution in [0.2, 0.25) is 5.02 Å². The molecule has 0 unspecified atom stereocenters. The van der Waals surface area contributed by atoms with E-state index in [2.05, 4.69) is 4.72 Å². The number of aliphatic hydroxyl groups excluding tert-OH is 1. The Morgan fingerprint density at radius 3 is 2.72 bits per heavy atom. The van der Waals surface area contributed by atoms with E-state index in [9.17, 15) is 12.8 Å². The smallest absolute Gasteiger partial charge is 0.301 e. The SMILES string of the molecule is CN(CCCO)S(=O)(=O)Nc1ccc(Cl)cc1F. The van der Waals surface area contributed by atoms with Crippen LogP contribution in [0.5, 0.6) is 0 Å². The Labute approximate surface area is 110 Å². The molecule has 18 heavy (non-hydrogen) atoms. The zero-order valence-electron chi connectivity index (χ0n) is 9.73. The molecular formula is C10H14ClFN2O3S. The van der Waals surface area contributed by atoms with Gasteiger partial charge in [-0.1, -0.05) is 11.6 Å². The van der Waals surface area contributed by atoms with Crippen molar-refractivity contribution >= 4 is 27.5 Å². The summed E-state index contributed by atoms with van der Waals surface area (Å²) in [6, 6.07) is 3.65. The molecule has 0 aliphatic carbocycles. The van der Waals surface area contributed by atoms with E-state index in [0.29, 0.717) is 6.42 Å². The van der Waals surface area contributed by atoms with Gasteiger partial charge < -0.3 is 5.11 Å². The summed E-state index contributed by atoms with van der Waals surface area (Å²) in [5, 5.41) is 8.81. The van der Waals surface area contributed by atoms with Crippen LogP contribution in [0.4, 0.5) is 10.1 Å². The molecule has 0 fully saturated rings. The minimum atomic E-state index is -3.83. The highest BCUT2D eigenvalue weighted by Gasteiger charge is 2.18. The van der Waals surface area contributed by atoms with Crippen LogP contribution in [0.1, 0.15) is 6.42 Å². The molecule has 5 nitrogen and oxygen atoms in total. The number of aliphatic hydroxyl groups is 1. The van der Waals surface area contributed by atoms with Gasteiger partial charge in [0.1, 0.15) is 5.82 Å². The molecule has 0 heterocycles. The first kappa shape index (κ1) is 15.2. The molecule has 0 aliphatic rings. The summed E-state index contributed by atoms with van der Waals surface area (Å²) in [6.07, 6.45) is 0.306. The molecule has 102 valence electrons. The highest BCUT2D eigenvalue weighted by Crippen LogP contribution is 2.20. The zero-order valence-corrected chi connectivity index (χ0v) is 11.3. The summed E-state index contributed by atoms with van der Waals surface area (Å²) in [5.74, 6) is -0.748. The Balaban J connectivity index is 2.82. The van der Waals surface area contributed by atoms with Crippen LogP contribution >= 0.6 is 11.6 Å². The minimum absolute atomic E-state index is 0.116. The molecular weight excluding hydrogens is 283 g/mol. The van der Waals surface area contributed by atoms with Crippen molar-refractivity contribution in [3.05, 3.63) is 29.0 Å². The standard InChI is InChI=1S/C10H14ClFN2O3S/c1-14(5-2-6-15)18(16,17)13-10-4-3-8(11)7-9(10)12/h3-4,7,13,15H,2,5-6H2,1H3. The molecule has 0 aliphatic heterocycles. The van der Waals surface area contributed by atoms with Crippen LogP contribution in [-0.4, -0.2) is 38.0 Å². The first-order valence-corrected chi connectivity index (χ1v) is 6.98. The van der Waals surface area contributed by atoms with Gasteiger partial charge in [-0.25, -0.2) is 4.39 Å². The third kappa shape index (κ3) is 4.09. The molecule has 1 rings (SSSR count). The summed E-state index contributed by atoms with van der Waals surface area (Å²) >= 11 is 5.56. The Kier molecular flexibility index (Phi) is 5.33. The number of anilines is 1. The highest BCUT2D eigenvalue weighted by molar-refractivity contribution is 7.90. The number of hydrogen-bond donors (Lipinski definition) is 2. The largest absolute Gasteiger partial charge is 0.396 e. The van der Waals surface area contributed by atoms with Gasteiger partial charge in [0.15, 0.2) is 0 Å². The lowest BCUT2D eigenvalue weighted by Crippen LogP contribution is -2.33. The average Bonchev–Trinajstić information content (AvgIpc) is 2.29. The zero-order chi connectivity index (χ0) is 13.8. The number of benzene rings is 1. The van der Waals surface area contributed by atoms with Crippen LogP contribution in [0.25, 0.3) is 0 Å². The molecule has 0 radical (unpaired) electrons. The second-order valence-electron chi connectivity index (χ2n) is 3.63. The van der Waals surface area contributed by atoms with Crippen LogP contribution in [0.3, 0.4) is 0 Å². The third-order valence-corrected chi connectivity index (χ3v) is 3.93. The molecule has 0 bridgehead atoms. The van der Waals surface area contributed by atoms with Gasteiger partial charge >= 0.3 is 10.2 Å². The summed E-state index contributed by atoms with van der Waals surface area (Å²) in [5.41, 5.74) is -0.171. The molecule has 0 spiro atoms. The van der Waals surface area contributed by atoms with Gasteiger partial charge in [-0.3, -0.25) is 4.72 Å². The first-order chi connectivity index (χ1) is 8.36. The molecule has 0 saturated heterocycles. The topological polar surface area (TPSA) is 69.6 Å². The van der Waals surface area contributed by atoms with Crippen molar-refractivity contribution in [2.75, 3.05) is 24.9 Å². The van der Waals surface area contributed by atoms with Crippen LogP contribution in [-0.2, 0) is 10.2 Å². The van der Waals surface area contributed by atoms with E-state index < -0.39 is 16.0 Å². The number of nitrogens with zero attached hydrogens (tertiary/aromatic N) is 1. The van der Waals surface area contributed by atoms with Crippen LogP contribution in [0.15, 0.2) is 18.2 Å². The van der Waals surface area contributed by atoms with Crippen molar-refractivity contribution in [2.24, 2.45) is 0 Å². The van der Waals surface area contributed by atoms with Crippen molar-refractivity contribution in [2.45, 2.75) is 6.42 Å². The molecule has 1 aromatic rings. The fourth-order valence-corrected chi connectivity index (χ4v) is 2.33. The Hall–Kier alpha value is -0.890. The average molecular weight is 297 g/mol. The Morgan fingerprint density at radius 1 is 1.50 bits per heavy atom. The second kappa shape index (κ2) is 6.33. The quantitative estimate of drug-likeness (QED) is 0.835. The molecule has 0 atom stereocenters. The van der Waals surface area contributed by atoms with Gasteiger partial charge in [-0.15, -0.1) is 0 Å². The molecule has 8 heteroatoms. The lowest BCUT2D eigenvalue weighted by molar-refractivity contribution is 0.276. The van der Waals surface area contributed by atoms with Gasteiger partial charge in [0.2, 0.25) is 0 Å². The number of rotatable bonds is 6. The molecule has 1 aromatic carbocycles. The van der Waals surface area contributed by atoms with E-state index in [1.807, 2.05) is 0 Å². The number of halogens is 2. The monoisotopic (exact) mass is 296 g/mol. The van der Waals surface area contributed by atoms with Gasteiger partial charge in [-0.05, 0) is 24.6 Å². The maximum absolute atomic E-state index is 13.4. The third-order valence-electron chi connectivity index (χ3n) is 2.21. The van der Waals surface area contributed by atoms with E-state index >= 15 is 0 Å². The van der Waals surface area contributed by atoms with Gasteiger partial charge in [0, 0.05) is 25.2 Å². The summed E-state index contributed by atoms with van der Waals surface area (Å²) < 4.78 is 40.1. The van der Waals surface area contributed by atoms with E-state index in [0.717, 1.165) is 10.4 Å². The van der Waals surface area contributed by atoms with Crippen molar-refractivity contribution in [3.63, 3.8) is 0 Å². The molecule has 2 N–H and O–H groups in total.